The minimum absolute atomic E-state index is 0.140. The summed E-state index contributed by atoms with van der Waals surface area (Å²) in [5.41, 5.74) is 0.276. The number of hydrogen-bond donors (Lipinski definition) is 1. The molecule has 0 bridgehead atoms. The Labute approximate surface area is 154 Å². The van der Waals surface area contributed by atoms with Crippen LogP contribution in [0, 0.1) is 5.82 Å². The van der Waals surface area contributed by atoms with E-state index in [0.717, 1.165) is 10.7 Å². The number of aryl methyl sites for hydroxylation is 1. The van der Waals surface area contributed by atoms with E-state index in [2.05, 4.69) is 25.6 Å². The Kier molecular flexibility index (Phi) is 5.26. The lowest BCUT2D eigenvalue weighted by molar-refractivity contribution is 0.267. The van der Waals surface area contributed by atoms with E-state index in [1.54, 1.807) is 17.8 Å². The first-order chi connectivity index (χ1) is 12.4. The van der Waals surface area contributed by atoms with E-state index >= 15 is 0 Å². The van der Waals surface area contributed by atoms with Gasteiger partial charge in [-0.3, -0.25) is 9.67 Å². The highest BCUT2D eigenvalue weighted by molar-refractivity contribution is 7.18. The van der Waals surface area contributed by atoms with Crippen molar-refractivity contribution in [3.05, 3.63) is 42.1 Å². The van der Waals surface area contributed by atoms with Gasteiger partial charge in [0.25, 0.3) is 0 Å². The molecule has 3 aromatic rings. The third-order valence-corrected chi connectivity index (χ3v) is 5.06. The average Bonchev–Trinajstić information content (AvgIpc) is 3.21. The Morgan fingerprint density at radius 3 is 2.77 bits per heavy atom. The zero-order valence-electron chi connectivity index (χ0n) is 14.8. The molecule has 0 aromatic carbocycles. The molecule has 3 aromatic heterocycles. The molecule has 0 unspecified atom stereocenters. The number of nitrogens with zero attached hydrogens (tertiary/aromatic N) is 5. The van der Waals surface area contributed by atoms with Gasteiger partial charge in [0.1, 0.15) is 5.82 Å². The molecular formula is C17H20F2N6S. The number of aromatic nitrogens is 5. The summed E-state index contributed by atoms with van der Waals surface area (Å²) in [6.45, 7) is 3.55. The van der Waals surface area contributed by atoms with Gasteiger partial charge in [-0.1, -0.05) is 18.3 Å². The number of alkyl halides is 1. The molecular weight excluding hydrogens is 358 g/mol. The van der Waals surface area contributed by atoms with Crippen molar-refractivity contribution in [2.75, 3.05) is 11.9 Å². The summed E-state index contributed by atoms with van der Waals surface area (Å²) >= 11 is 1.36. The number of hydrogen-bond acceptors (Lipinski definition) is 6. The van der Waals surface area contributed by atoms with Crippen LogP contribution in [0.15, 0.2) is 30.6 Å². The molecule has 0 fully saturated rings. The molecule has 9 heteroatoms. The molecule has 0 aliphatic heterocycles. The molecule has 3 heterocycles. The lowest BCUT2D eigenvalue weighted by Crippen LogP contribution is -2.35. The summed E-state index contributed by atoms with van der Waals surface area (Å²) < 4.78 is 29.7. The van der Waals surface area contributed by atoms with Gasteiger partial charge in [-0.2, -0.15) is 5.10 Å². The van der Waals surface area contributed by atoms with E-state index in [4.69, 9.17) is 0 Å². The molecule has 0 saturated carbocycles. The van der Waals surface area contributed by atoms with Crippen molar-refractivity contribution in [3.8, 4) is 10.7 Å². The van der Waals surface area contributed by atoms with Gasteiger partial charge in [0.05, 0.1) is 17.6 Å². The van der Waals surface area contributed by atoms with E-state index in [1.807, 2.05) is 13.1 Å². The van der Waals surface area contributed by atoms with Crippen molar-refractivity contribution < 1.29 is 8.78 Å². The van der Waals surface area contributed by atoms with Gasteiger partial charge in [-0.15, -0.1) is 10.2 Å². The van der Waals surface area contributed by atoms with Gasteiger partial charge in [-0.25, -0.2) is 8.78 Å². The van der Waals surface area contributed by atoms with Crippen LogP contribution in [0.1, 0.15) is 26.0 Å². The highest BCUT2D eigenvalue weighted by Gasteiger charge is 2.33. The maximum Gasteiger partial charge on any atom is 0.206 e. The van der Waals surface area contributed by atoms with Crippen molar-refractivity contribution >= 4 is 16.5 Å². The molecule has 2 atom stereocenters. The van der Waals surface area contributed by atoms with Crippen LogP contribution in [0.25, 0.3) is 10.7 Å². The van der Waals surface area contributed by atoms with Crippen molar-refractivity contribution in [2.45, 2.75) is 31.9 Å². The lowest BCUT2D eigenvalue weighted by Gasteiger charge is -2.30. The van der Waals surface area contributed by atoms with Crippen LogP contribution in [0.2, 0.25) is 0 Å². The van der Waals surface area contributed by atoms with Crippen LogP contribution < -0.4 is 5.32 Å². The molecule has 26 heavy (non-hydrogen) atoms. The van der Waals surface area contributed by atoms with E-state index in [0.29, 0.717) is 5.13 Å². The SMILES string of the molecule is C[C@H](F)C[C@@](C)(CNc1nnc(-c2ccnn2C)s1)c1ncccc1F. The minimum atomic E-state index is -1.09. The topological polar surface area (TPSA) is 68.5 Å². The summed E-state index contributed by atoms with van der Waals surface area (Å²) in [6.07, 6.45) is 2.25. The van der Waals surface area contributed by atoms with Gasteiger partial charge < -0.3 is 5.32 Å². The lowest BCUT2D eigenvalue weighted by atomic mass is 9.81. The first kappa shape index (κ1) is 18.4. The molecule has 0 aliphatic rings. The zero-order valence-corrected chi connectivity index (χ0v) is 15.6. The third-order valence-electron chi connectivity index (χ3n) is 4.16. The largest absolute Gasteiger partial charge is 0.359 e. The van der Waals surface area contributed by atoms with Gasteiger partial charge >= 0.3 is 0 Å². The van der Waals surface area contributed by atoms with Crippen molar-refractivity contribution in [2.24, 2.45) is 7.05 Å². The Morgan fingerprint density at radius 2 is 2.12 bits per heavy atom. The highest BCUT2D eigenvalue weighted by Crippen LogP contribution is 2.32. The minimum Gasteiger partial charge on any atom is -0.359 e. The number of nitrogens with one attached hydrogen (secondary N) is 1. The summed E-state index contributed by atoms with van der Waals surface area (Å²) in [5.74, 6) is -0.440. The summed E-state index contributed by atoms with van der Waals surface area (Å²) in [4.78, 5) is 4.15. The summed E-state index contributed by atoms with van der Waals surface area (Å²) in [6, 6.07) is 4.72. The molecule has 0 radical (unpaired) electrons. The fraction of sp³-hybridized carbons (Fsp3) is 0.412. The fourth-order valence-corrected chi connectivity index (χ4v) is 3.75. The van der Waals surface area contributed by atoms with Gasteiger partial charge in [0.2, 0.25) is 5.13 Å². The van der Waals surface area contributed by atoms with Crippen molar-refractivity contribution in [1.29, 1.82) is 0 Å². The van der Waals surface area contributed by atoms with Gasteiger partial charge in [-0.05, 0) is 31.5 Å². The van der Waals surface area contributed by atoms with Gasteiger partial charge in [0.15, 0.2) is 5.01 Å². The predicted molar refractivity (Wildman–Crippen MR) is 97.3 cm³/mol. The molecule has 6 nitrogen and oxygen atoms in total. The Bertz CT molecular complexity index is 878. The monoisotopic (exact) mass is 378 g/mol. The van der Waals surface area contributed by atoms with Gasteiger partial charge in [0, 0.05) is 31.4 Å². The molecule has 3 rings (SSSR count). The Hall–Kier alpha value is -2.42. The maximum atomic E-state index is 14.2. The molecule has 0 saturated heterocycles. The average molecular weight is 378 g/mol. The smallest absolute Gasteiger partial charge is 0.206 e. The van der Waals surface area contributed by atoms with Crippen LogP contribution in [0.3, 0.4) is 0 Å². The number of rotatable bonds is 7. The second kappa shape index (κ2) is 7.45. The second-order valence-electron chi connectivity index (χ2n) is 6.49. The van der Waals surface area contributed by atoms with Crippen LogP contribution in [-0.4, -0.2) is 37.7 Å². The van der Waals surface area contributed by atoms with Crippen molar-refractivity contribution in [1.82, 2.24) is 25.0 Å². The first-order valence-electron chi connectivity index (χ1n) is 8.20. The zero-order chi connectivity index (χ0) is 18.7. The summed E-state index contributed by atoms with van der Waals surface area (Å²) in [5, 5.41) is 16.8. The molecule has 1 N–H and O–H groups in total. The van der Waals surface area contributed by atoms with Crippen LogP contribution in [0.5, 0.6) is 0 Å². The summed E-state index contributed by atoms with van der Waals surface area (Å²) in [7, 11) is 1.83. The van der Waals surface area contributed by atoms with Crippen molar-refractivity contribution in [3.63, 3.8) is 0 Å². The maximum absolute atomic E-state index is 14.2. The normalized spacial score (nSPS) is 14.8. The molecule has 0 spiro atoms. The van der Waals surface area contributed by atoms with E-state index < -0.39 is 17.4 Å². The number of anilines is 1. The molecule has 0 amide bonds. The van der Waals surface area contributed by atoms with Crippen LogP contribution >= 0.6 is 11.3 Å². The van der Waals surface area contributed by atoms with Crippen LogP contribution in [-0.2, 0) is 12.5 Å². The highest BCUT2D eigenvalue weighted by atomic mass is 32.1. The van der Waals surface area contributed by atoms with Crippen LogP contribution in [0.4, 0.5) is 13.9 Å². The quantitative estimate of drug-likeness (QED) is 0.680. The number of pyridine rings is 1. The fourth-order valence-electron chi connectivity index (χ4n) is 2.96. The standard InChI is InChI=1S/C17H20F2N6S/c1-11(18)9-17(2,14-12(19)5-4-7-20-14)10-21-16-24-23-15(26-16)13-6-8-22-25(13)3/h4-8,11H,9-10H2,1-3H3,(H,21,24)/t11-,17-/m0/s1. The third kappa shape index (κ3) is 3.87. The molecule has 0 aliphatic carbocycles. The predicted octanol–water partition coefficient (Wildman–Crippen LogP) is 3.59. The van der Waals surface area contributed by atoms with E-state index in [-0.39, 0.29) is 18.7 Å². The second-order valence-corrected chi connectivity index (χ2v) is 7.46. The Balaban J connectivity index is 1.80. The van der Waals surface area contributed by atoms with E-state index in [1.165, 1.54) is 36.6 Å². The first-order valence-corrected chi connectivity index (χ1v) is 9.01. The Morgan fingerprint density at radius 1 is 1.31 bits per heavy atom. The number of halogens is 2. The van der Waals surface area contributed by atoms with E-state index in [9.17, 15) is 8.78 Å². The molecule has 138 valence electrons.